The molecule has 0 aliphatic rings. The lowest BCUT2D eigenvalue weighted by Gasteiger charge is -2.31. The van der Waals surface area contributed by atoms with Gasteiger partial charge in [-0.25, -0.2) is 0 Å². The molecule has 108 valence electrons. The molecule has 0 heterocycles. The fourth-order valence-corrected chi connectivity index (χ4v) is 4.12. The molecule has 1 rings (SSSR count). The van der Waals surface area contributed by atoms with Crippen molar-refractivity contribution < 1.29 is 4.74 Å². The van der Waals surface area contributed by atoms with E-state index in [2.05, 4.69) is 57.8 Å². The highest BCUT2D eigenvalue weighted by Gasteiger charge is 2.29. The largest absolute Gasteiger partial charge is 0.381 e. The molecule has 0 saturated heterocycles. The molecule has 0 amide bonds. The van der Waals surface area contributed by atoms with Gasteiger partial charge >= 0.3 is 0 Å². The average Bonchev–Trinajstić information content (AvgIpc) is 2.41. The molecule has 0 spiro atoms. The number of rotatable bonds is 8. The Bertz CT molecular complexity index is 361. The molecule has 0 saturated carbocycles. The Morgan fingerprint density at radius 2 is 1.74 bits per heavy atom. The summed E-state index contributed by atoms with van der Waals surface area (Å²) < 4.78 is 5.73. The van der Waals surface area contributed by atoms with Gasteiger partial charge in [0.2, 0.25) is 0 Å². The van der Waals surface area contributed by atoms with E-state index in [9.17, 15) is 0 Å². The highest BCUT2D eigenvalue weighted by atomic mass is 79.9. The molecule has 0 radical (unpaired) electrons. The zero-order valence-electron chi connectivity index (χ0n) is 11.5. The molecule has 0 N–H and O–H groups in total. The maximum Gasteiger partial charge on any atom is 0.0488 e. The first-order valence-electron chi connectivity index (χ1n) is 6.50. The Morgan fingerprint density at radius 3 is 2.21 bits per heavy atom. The molecule has 1 nitrogen and oxygen atoms in total. The predicted molar refractivity (Wildman–Crippen MR) is 91.0 cm³/mol. The van der Waals surface area contributed by atoms with Crippen molar-refractivity contribution in [1.82, 2.24) is 0 Å². The van der Waals surface area contributed by atoms with E-state index >= 15 is 0 Å². The van der Waals surface area contributed by atoms with Crippen LogP contribution in [0.3, 0.4) is 0 Å². The number of alkyl halides is 2. The summed E-state index contributed by atoms with van der Waals surface area (Å²) in [5.41, 5.74) is 1.35. The van der Waals surface area contributed by atoms with Gasteiger partial charge in [0.1, 0.15) is 0 Å². The average molecular weight is 413 g/mol. The number of hydrogen-bond acceptors (Lipinski definition) is 1. The minimum Gasteiger partial charge on any atom is -0.381 e. The fraction of sp³-hybridized carbons (Fsp3) is 0.600. The van der Waals surface area contributed by atoms with Gasteiger partial charge in [0.05, 0.1) is 0 Å². The maximum absolute atomic E-state index is 5.96. The lowest BCUT2D eigenvalue weighted by atomic mass is 9.82. The van der Waals surface area contributed by atoms with Crippen molar-refractivity contribution >= 4 is 43.5 Å². The molecule has 0 atom stereocenters. The van der Waals surface area contributed by atoms with Gasteiger partial charge in [-0.3, -0.25) is 0 Å². The second-order valence-electron chi connectivity index (χ2n) is 5.27. The molecule has 1 aromatic rings. The molecule has 0 bridgehead atoms. The van der Waals surface area contributed by atoms with Crippen LogP contribution in [0.5, 0.6) is 0 Å². The van der Waals surface area contributed by atoms with Crippen molar-refractivity contribution in [3.05, 3.63) is 34.9 Å². The summed E-state index contributed by atoms with van der Waals surface area (Å²) in [6.07, 6.45) is 0.984. The van der Waals surface area contributed by atoms with Gasteiger partial charge in [-0.05, 0) is 30.0 Å². The normalized spacial score (nSPS) is 12.1. The van der Waals surface area contributed by atoms with Gasteiger partial charge in [-0.2, -0.15) is 0 Å². The van der Waals surface area contributed by atoms with Crippen molar-refractivity contribution in [2.24, 2.45) is 5.92 Å². The van der Waals surface area contributed by atoms with Crippen LogP contribution in [0.15, 0.2) is 24.3 Å². The van der Waals surface area contributed by atoms with Gasteiger partial charge in [0, 0.05) is 34.3 Å². The van der Waals surface area contributed by atoms with Crippen LogP contribution < -0.4 is 0 Å². The Morgan fingerprint density at radius 1 is 1.16 bits per heavy atom. The third kappa shape index (κ3) is 5.37. The first-order valence-corrected chi connectivity index (χ1v) is 9.12. The van der Waals surface area contributed by atoms with Crippen molar-refractivity contribution in [1.29, 1.82) is 0 Å². The van der Waals surface area contributed by atoms with E-state index in [1.54, 1.807) is 0 Å². The zero-order valence-corrected chi connectivity index (χ0v) is 15.4. The van der Waals surface area contributed by atoms with Crippen LogP contribution in [-0.4, -0.2) is 23.9 Å². The van der Waals surface area contributed by atoms with E-state index in [4.69, 9.17) is 16.3 Å². The number of benzene rings is 1. The van der Waals surface area contributed by atoms with Gasteiger partial charge in [0.25, 0.3) is 0 Å². The smallest absolute Gasteiger partial charge is 0.0488 e. The molecule has 0 fully saturated rings. The minimum absolute atomic E-state index is 0.0571. The molecule has 0 aliphatic heterocycles. The second kappa shape index (κ2) is 8.66. The Balaban J connectivity index is 2.70. The van der Waals surface area contributed by atoms with E-state index in [0.29, 0.717) is 5.92 Å². The van der Waals surface area contributed by atoms with Crippen LogP contribution in [0.2, 0.25) is 5.02 Å². The van der Waals surface area contributed by atoms with E-state index in [1.165, 1.54) is 5.56 Å². The van der Waals surface area contributed by atoms with E-state index < -0.39 is 0 Å². The third-order valence-electron chi connectivity index (χ3n) is 3.14. The monoisotopic (exact) mass is 410 g/mol. The number of halogens is 3. The standard InChI is InChI=1S/C15H21Br2ClO/c1-12(2)9-19-8-7-15(10-16,11-17)13-3-5-14(18)6-4-13/h3-6,12H,7-11H2,1-2H3. The van der Waals surface area contributed by atoms with E-state index in [0.717, 1.165) is 35.3 Å². The van der Waals surface area contributed by atoms with Crippen LogP contribution in [-0.2, 0) is 10.2 Å². The Hall–Kier alpha value is 0.430. The molecule has 0 aromatic heterocycles. The number of hydrogen-bond donors (Lipinski definition) is 0. The molecular weight excluding hydrogens is 391 g/mol. The van der Waals surface area contributed by atoms with Gasteiger partial charge in [0.15, 0.2) is 0 Å². The van der Waals surface area contributed by atoms with Crippen molar-refractivity contribution in [2.45, 2.75) is 25.7 Å². The topological polar surface area (TPSA) is 9.23 Å². The summed E-state index contributed by atoms with van der Waals surface area (Å²) in [6.45, 7) is 5.93. The summed E-state index contributed by atoms with van der Waals surface area (Å²) in [6, 6.07) is 8.11. The minimum atomic E-state index is 0.0571. The SMILES string of the molecule is CC(C)COCCC(CBr)(CBr)c1ccc(Cl)cc1. The molecule has 4 heteroatoms. The highest BCUT2D eigenvalue weighted by molar-refractivity contribution is 9.09. The van der Waals surface area contributed by atoms with E-state index in [-0.39, 0.29) is 5.41 Å². The lowest BCUT2D eigenvalue weighted by Crippen LogP contribution is -2.32. The third-order valence-corrected chi connectivity index (χ3v) is 5.54. The zero-order chi connectivity index (χ0) is 14.3. The second-order valence-corrected chi connectivity index (χ2v) is 6.83. The molecular formula is C15H21Br2ClO. The molecule has 0 aliphatic carbocycles. The lowest BCUT2D eigenvalue weighted by molar-refractivity contribution is 0.0975. The first-order chi connectivity index (χ1) is 9.04. The van der Waals surface area contributed by atoms with Gasteiger partial charge in [-0.1, -0.05) is 69.4 Å². The van der Waals surface area contributed by atoms with Crippen molar-refractivity contribution in [3.63, 3.8) is 0 Å². The van der Waals surface area contributed by atoms with Crippen molar-refractivity contribution in [3.8, 4) is 0 Å². The quantitative estimate of drug-likeness (QED) is 0.409. The maximum atomic E-state index is 5.96. The predicted octanol–water partition coefficient (Wildman–Crippen LogP) is 5.43. The van der Waals surface area contributed by atoms with Crippen LogP contribution in [0, 0.1) is 5.92 Å². The Kier molecular flexibility index (Phi) is 7.97. The Labute approximate surface area is 138 Å². The van der Waals surface area contributed by atoms with Crippen molar-refractivity contribution in [2.75, 3.05) is 23.9 Å². The van der Waals surface area contributed by atoms with Gasteiger partial charge in [-0.15, -0.1) is 0 Å². The van der Waals surface area contributed by atoms with Crippen LogP contribution in [0.1, 0.15) is 25.8 Å². The van der Waals surface area contributed by atoms with E-state index in [1.807, 2.05) is 12.1 Å². The highest BCUT2D eigenvalue weighted by Crippen LogP contribution is 2.33. The molecule has 0 unspecified atom stereocenters. The fourth-order valence-electron chi connectivity index (χ4n) is 1.86. The summed E-state index contributed by atoms with van der Waals surface area (Å²) >= 11 is 13.3. The molecule has 1 aromatic carbocycles. The van der Waals surface area contributed by atoms with Crippen LogP contribution in [0.4, 0.5) is 0 Å². The summed E-state index contributed by atoms with van der Waals surface area (Å²) in [4.78, 5) is 0. The first kappa shape index (κ1) is 17.5. The summed E-state index contributed by atoms with van der Waals surface area (Å²) in [5.74, 6) is 0.581. The molecule has 19 heavy (non-hydrogen) atoms. The van der Waals surface area contributed by atoms with Crippen LogP contribution >= 0.6 is 43.5 Å². The number of ether oxygens (including phenoxy) is 1. The van der Waals surface area contributed by atoms with Gasteiger partial charge < -0.3 is 4.74 Å². The van der Waals surface area contributed by atoms with Crippen LogP contribution in [0.25, 0.3) is 0 Å². The summed E-state index contributed by atoms with van der Waals surface area (Å²) in [7, 11) is 0. The summed E-state index contributed by atoms with van der Waals surface area (Å²) in [5, 5.41) is 2.58.